The summed E-state index contributed by atoms with van der Waals surface area (Å²) in [6.07, 6.45) is 3.49. The molecule has 0 N–H and O–H groups in total. The maximum atomic E-state index is 12.0. The normalized spacial score (nSPS) is 13.3. The van der Waals surface area contributed by atoms with Crippen molar-refractivity contribution >= 4 is 22.8 Å². The quantitative estimate of drug-likeness (QED) is 0.629. The van der Waals surface area contributed by atoms with Gasteiger partial charge in [-0.25, -0.2) is 0 Å². The Morgan fingerprint density at radius 3 is 2.45 bits per heavy atom. The van der Waals surface area contributed by atoms with Crippen LogP contribution in [0.15, 0.2) is 53.0 Å². The van der Waals surface area contributed by atoms with E-state index < -0.39 is 0 Å². The van der Waals surface area contributed by atoms with E-state index in [1.807, 2.05) is 24.3 Å². The summed E-state index contributed by atoms with van der Waals surface area (Å²) in [6, 6.07) is 14.1. The Balaban J connectivity index is 1.94. The smallest absolute Gasteiger partial charge is 0.186 e. The maximum Gasteiger partial charge on any atom is 0.186 e. The summed E-state index contributed by atoms with van der Waals surface area (Å²) in [4.78, 5) is 12.0. The average molecular weight is 288 g/mol. The van der Waals surface area contributed by atoms with E-state index in [1.165, 1.54) is 5.56 Å². The van der Waals surface area contributed by atoms with Gasteiger partial charge in [-0.2, -0.15) is 0 Å². The maximum absolute atomic E-state index is 12.0. The van der Waals surface area contributed by atoms with Gasteiger partial charge in [0.15, 0.2) is 5.78 Å². The fourth-order valence-corrected chi connectivity index (χ4v) is 3.02. The molecule has 0 radical (unpaired) electrons. The first kappa shape index (κ1) is 13.1. The SMILES string of the molecule is CC(C)c1ccc(-c2oc3cccc4c3c2C=CC4=O)cc1. The van der Waals surface area contributed by atoms with Gasteiger partial charge >= 0.3 is 0 Å². The lowest BCUT2D eigenvalue weighted by molar-refractivity contribution is 0.104. The Labute approximate surface area is 129 Å². The lowest BCUT2D eigenvalue weighted by Gasteiger charge is -2.07. The molecular formula is C20H16O2. The van der Waals surface area contributed by atoms with Crippen molar-refractivity contribution in [2.75, 3.05) is 0 Å². The van der Waals surface area contributed by atoms with Crippen molar-refractivity contribution in [3.63, 3.8) is 0 Å². The molecule has 1 aromatic heterocycles. The van der Waals surface area contributed by atoms with E-state index in [0.29, 0.717) is 5.92 Å². The molecule has 0 aliphatic heterocycles. The van der Waals surface area contributed by atoms with Crippen molar-refractivity contribution in [2.45, 2.75) is 19.8 Å². The molecule has 2 aromatic carbocycles. The molecule has 0 fully saturated rings. The second-order valence-electron chi connectivity index (χ2n) is 6.00. The van der Waals surface area contributed by atoms with Crippen molar-refractivity contribution < 1.29 is 9.21 Å². The molecule has 2 nitrogen and oxygen atoms in total. The Bertz CT molecular complexity index is 909. The third-order valence-corrected chi connectivity index (χ3v) is 4.26. The van der Waals surface area contributed by atoms with Crippen LogP contribution in [0, 0.1) is 0 Å². The summed E-state index contributed by atoms with van der Waals surface area (Å²) >= 11 is 0. The number of carbonyl (C=O) groups excluding carboxylic acids is 1. The van der Waals surface area contributed by atoms with Gasteiger partial charge in [0.05, 0.1) is 0 Å². The predicted molar refractivity (Wildman–Crippen MR) is 89.1 cm³/mol. The largest absolute Gasteiger partial charge is 0.455 e. The molecule has 4 rings (SSSR count). The molecule has 1 aliphatic rings. The first-order valence-corrected chi connectivity index (χ1v) is 7.53. The lowest BCUT2D eigenvalue weighted by Crippen LogP contribution is -1.99. The van der Waals surface area contributed by atoms with Crippen LogP contribution in [-0.4, -0.2) is 5.78 Å². The molecule has 108 valence electrons. The summed E-state index contributed by atoms with van der Waals surface area (Å²) < 4.78 is 6.04. The summed E-state index contributed by atoms with van der Waals surface area (Å²) in [5, 5.41) is 0.929. The van der Waals surface area contributed by atoms with Crippen LogP contribution in [0.3, 0.4) is 0 Å². The first-order chi connectivity index (χ1) is 10.6. The molecule has 0 atom stereocenters. The Kier molecular flexibility index (Phi) is 2.80. The topological polar surface area (TPSA) is 30.2 Å². The van der Waals surface area contributed by atoms with Gasteiger partial charge in [-0.1, -0.05) is 50.2 Å². The highest BCUT2D eigenvalue weighted by Crippen LogP contribution is 2.38. The van der Waals surface area contributed by atoms with Crippen molar-refractivity contribution in [1.29, 1.82) is 0 Å². The number of ketones is 1. The first-order valence-electron chi connectivity index (χ1n) is 7.53. The van der Waals surface area contributed by atoms with Gasteiger partial charge < -0.3 is 4.42 Å². The van der Waals surface area contributed by atoms with Crippen molar-refractivity contribution in [1.82, 2.24) is 0 Å². The number of benzene rings is 2. The highest BCUT2D eigenvalue weighted by molar-refractivity contribution is 6.20. The molecule has 0 bridgehead atoms. The number of carbonyl (C=O) groups is 1. The number of allylic oxidation sites excluding steroid dienone is 1. The molecular weight excluding hydrogens is 272 g/mol. The minimum atomic E-state index is 0.0422. The van der Waals surface area contributed by atoms with Crippen LogP contribution in [-0.2, 0) is 0 Å². The van der Waals surface area contributed by atoms with Gasteiger partial charge in [-0.3, -0.25) is 4.79 Å². The van der Waals surface area contributed by atoms with E-state index in [4.69, 9.17) is 4.42 Å². The van der Waals surface area contributed by atoms with Gasteiger partial charge in [0.1, 0.15) is 11.3 Å². The minimum absolute atomic E-state index is 0.0422. The van der Waals surface area contributed by atoms with Crippen LogP contribution >= 0.6 is 0 Å². The number of rotatable bonds is 2. The Morgan fingerprint density at radius 2 is 1.73 bits per heavy atom. The molecule has 0 saturated carbocycles. The van der Waals surface area contributed by atoms with Gasteiger partial charge in [-0.05, 0) is 29.7 Å². The van der Waals surface area contributed by atoms with Crippen molar-refractivity contribution in [2.24, 2.45) is 0 Å². The third kappa shape index (κ3) is 1.84. The molecule has 1 heterocycles. The fourth-order valence-electron chi connectivity index (χ4n) is 3.02. The molecule has 0 amide bonds. The summed E-state index contributed by atoms with van der Waals surface area (Å²) in [5.41, 5.74) is 4.85. The zero-order valence-electron chi connectivity index (χ0n) is 12.6. The zero-order valence-corrected chi connectivity index (χ0v) is 12.6. The van der Waals surface area contributed by atoms with Crippen LogP contribution in [0.1, 0.15) is 41.3 Å². The highest BCUT2D eigenvalue weighted by atomic mass is 16.3. The van der Waals surface area contributed by atoms with E-state index in [9.17, 15) is 4.79 Å². The van der Waals surface area contributed by atoms with E-state index in [1.54, 1.807) is 6.08 Å². The van der Waals surface area contributed by atoms with Crippen LogP contribution < -0.4 is 0 Å². The van der Waals surface area contributed by atoms with Crippen molar-refractivity contribution in [3.8, 4) is 11.3 Å². The number of hydrogen-bond donors (Lipinski definition) is 0. The molecule has 0 saturated heterocycles. The number of hydrogen-bond acceptors (Lipinski definition) is 2. The van der Waals surface area contributed by atoms with Crippen LogP contribution in [0.2, 0.25) is 0 Å². The summed E-state index contributed by atoms with van der Waals surface area (Å²) in [5.74, 6) is 1.38. The molecule has 0 spiro atoms. The fraction of sp³-hybridized carbons (Fsp3) is 0.150. The molecule has 1 aliphatic carbocycles. The van der Waals surface area contributed by atoms with Gasteiger partial charge in [0.2, 0.25) is 0 Å². The van der Waals surface area contributed by atoms with E-state index in [-0.39, 0.29) is 5.78 Å². The monoisotopic (exact) mass is 288 g/mol. The zero-order chi connectivity index (χ0) is 15.3. The molecule has 2 heteroatoms. The summed E-state index contributed by atoms with van der Waals surface area (Å²) in [6.45, 7) is 4.36. The van der Waals surface area contributed by atoms with Gasteiger partial charge in [-0.15, -0.1) is 0 Å². The van der Waals surface area contributed by atoms with E-state index >= 15 is 0 Å². The Morgan fingerprint density at radius 1 is 0.955 bits per heavy atom. The Hall–Kier alpha value is -2.61. The van der Waals surface area contributed by atoms with Crippen LogP contribution in [0.25, 0.3) is 28.4 Å². The molecule has 22 heavy (non-hydrogen) atoms. The van der Waals surface area contributed by atoms with E-state index in [2.05, 4.69) is 38.1 Å². The van der Waals surface area contributed by atoms with Gasteiger partial charge in [0.25, 0.3) is 0 Å². The minimum Gasteiger partial charge on any atom is -0.455 e. The van der Waals surface area contributed by atoms with Crippen LogP contribution in [0.5, 0.6) is 0 Å². The number of furan rings is 1. The van der Waals surface area contributed by atoms with E-state index in [0.717, 1.165) is 33.4 Å². The predicted octanol–water partition coefficient (Wildman–Crippen LogP) is 5.43. The molecule has 3 aromatic rings. The summed E-state index contributed by atoms with van der Waals surface area (Å²) in [7, 11) is 0. The van der Waals surface area contributed by atoms with Crippen LogP contribution in [0.4, 0.5) is 0 Å². The molecule has 0 unspecified atom stereocenters. The second kappa shape index (κ2) is 4.70. The van der Waals surface area contributed by atoms with Gasteiger partial charge in [0, 0.05) is 22.1 Å². The third-order valence-electron chi connectivity index (χ3n) is 4.26. The van der Waals surface area contributed by atoms with Crippen molar-refractivity contribution in [3.05, 3.63) is 65.2 Å². The second-order valence-corrected chi connectivity index (χ2v) is 6.00. The standard InChI is InChI=1S/C20H16O2/c1-12(2)13-6-8-14(9-7-13)20-16-10-11-17(21)15-4-3-5-18(22-20)19(15)16/h3-12H,1-2H3. The average Bonchev–Trinajstić information content (AvgIpc) is 2.91. The highest BCUT2D eigenvalue weighted by Gasteiger charge is 2.22. The lowest BCUT2D eigenvalue weighted by atomic mass is 9.94.